The van der Waals surface area contributed by atoms with E-state index in [2.05, 4.69) is 41.5 Å². The van der Waals surface area contributed by atoms with E-state index in [0.29, 0.717) is 5.41 Å². The third-order valence-electron chi connectivity index (χ3n) is 5.47. The van der Waals surface area contributed by atoms with Crippen molar-refractivity contribution in [3.8, 4) is 0 Å². The Morgan fingerprint density at radius 1 is 1.12 bits per heavy atom. The second-order valence-corrected chi connectivity index (χ2v) is 7.20. The molecule has 0 amide bonds. The molecule has 1 aliphatic carbocycles. The van der Waals surface area contributed by atoms with Gasteiger partial charge in [0, 0.05) is 0 Å². The minimum atomic E-state index is 0.699. The maximum absolute atomic E-state index is 2.52. The molecule has 4 unspecified atom stereocenters. The molecule has 0 aliphatic heterocycles. The molecule has 1 saturated carbocycles. The lowest BCUT2D eigenvalue weighted by molar-refractivity contribution is 0.267. The zero-order valence-corrected chi connectivity index (χ0v) is 13.1. The van der Waals surface area contributed by atoms with Crippen LogP contribution in [0.4, 0.5) is 0 Å². The van der Waals surface area contributed by atoms with Crippen LogP contribution in [-0.4, -0.2) is 0 Å². The average Bonchev–Trinajstić information content (AvgIpc) is 2.96. The zero-order valence-electron chi connectivity index (χ0n) is 13.1. The number of hydrogen-bond acceptors (Lipinski definition) is 0. The minimum absolute atomic E-state index is 0.699. The lowest BCUT2D eigenvalue weighted by Crippen LogP contribution is -2.14. The van der Waals surface area contributed by atoms with Gasteiger partial charge in [-0.1, -0.05) is 60.8 Å². The normalized spacial score (nSPS) is 31.6. The molecule has 4 atom stereocenters. The van der Waals surface area contributed by atoms with E-state index in [1.807, 2.05) is 0 Å². The first-order valence-corrected chi connectivity index (χ1v) is 7.93. The van der Waals surface area contributed by atoms with E-state index in [1.165, 1.54) is 38.5 Å². The Kier molecular flexibility index (Phi) is 5.54. The fraction of sp³-hybridized carbons (Fsp3) is 1.00. The summed E-state index contributed by atoms with van der Waals surface area (Å²) in [7, 11) is 0. The SMILES string of the molecule is CCC(CCC(C)C1(C)CC1CC)CC(C)C. The average molecular weight is 238 g/mol. The summed E-state index contributed by atoms with van der Waals surface area (Å²) in [5, 5.41) is 0. The fourth-order valence-electron chi connectivity index (χ4n) is 3.66. The van der Waals surface area contributed by atoms with Crippen LogP contribution < -0.4 is 0 Å². The molecule has 1 aliphatic rings. The molecule has 0 saturated heterocycles. The Labute approximate surface area is 110 Å². The van der Waals surface area contributed by atoms with Crippen LogP contribution in [0.1, 0.15) is 80.1 Å². The molecule has 1 rings (SSSR count). The summed E-state index contributed by atoms with van der Waals surface area (Å²) < 4.78 is 0. The van der Waals surface area contributed by atoms with Gasteiger partial charge < -0.3 is 0 Å². The molecule has 102 valence electrons. The van der Waals surface area contributed by atoms with Crippen molar-refractivity contribution in [2.24, 2.45) is 29.1 Å². The van der Waals surface area contributed by atoms with Crippen molar-refractivity contribution in [3.63, 3.8) is 0 Å². The molecular weight excluding hydrogens is 204 g/mol. The van der Waals surface area contributed by atoms with Crippen LogP contribution in [0, 0.1) is 29.1 Å². The summed E-state index contributed by atoms with van der Waals surface area (Å²) in [6.07, 6.45) is 8.60. The Bertz CT molecular complexity index is 218. The highest BCUT2D eigenvalue weighted by Crippen LogP contribution is 2.60. The zero-order chi connectivity index (χ0) is 13.1. The molecule has 0 spiro atoms. The molecular formula is C17H34. The fourth-order valence-corrected chi connectivity index (χ4v) is 3.66. The van der Waals surface area contributed by atoms with Crippen molar-refractivity contribution in [2.45, 2.75) is 80.1 Å². The van der Waals surface area contributed by atoms with Crippen molar-refractivity contribution < 1.29 is 0 Å². The molecule has 1 fully saturated rings. The van der Waals surface area contributed by atoms with E-state index in [0.717, 1.165) is 23.7 Å². The maximum Gasteiger partial charge on any atom is -0.0269 e. The van der Waals surface area contributed by atoms with Crippen LogP contribution in [0.5, 0.6) is 0 Å². The Hall–Kier alpha value is 0. The van der Waals surface area contributed by atoms with Crippen LogP contribution >= 0.6 is 0 Å². The van der Waals surface area contributed by atoms with E-state index in [-0.39, 0.29) is 0 Å². The van der Waals surface area contributed by atoms with Crippen molar-refractivity contribution in [1.82, 2.24) is 0 Å². The molecule has 0 N–H and O–H groups in total. The highest BCUT2D eigenvalue weighted by molar-refractivity contribution is 5.00. The Balaban J connectivity index is 2.30. The molecule has 0 radical (unpaired) electrons. The van der Waals surface area contributed by atoms with Crippen molar-refractivity contribution in [2.75, 3.05) is 0 Å². The molecule has 0 nitrogen and oxygen atoms in total. The lowest BCUT2D eigenvalue weighted by Gasteiger charge is -2.24. The smallest absolute Gasteiger partial charge is 0.0269 e. The van der Waals surface area contributed by atoms with Crippen LogP contribution in [0.2, 0.25) is 0 Å². The van der Waals surface area contributed by atoms with E-state index in [9.17, 15) is 0 Å². The number of rotatable bonds is 8. The molecule has 0 bridgehead atoms. The van der Waals surface area contributed by atoms with E-state index in [1.54, 1.807) is 0 Å². The second kappa shape index (κ2) is 6.25. The summed E-state index contributed by atoms with van der Waals surface area (Å²) in [5.74, 6) is 3.81. The van der Waals surface area contributed by atoms with Gasteiger partial charge in [0.2, 0.25) is 0 Å². The van der Waals surface area contributed by atoms with Gasteiger partial charge in [0.15, 0.2) is 0 Å². The maximum atomic E-state index is 2.52. The first-order chi connectivity index (χ1) is 7.93. The van der Waals surface area contributed by atoms with Crippen LogP contribution in [0.15, 0.2) is 0 Å². The topological polar surface area (TPSA) is 0 Å². The van der Waals surface area contributed by atoms with Gasteiger partial charge in [0.05, 0.1) is 0 Å². The molecule has 17 heavy (non-hydrogen) atoms. The summed E-state index contributed by atoms with van der Waals surface area (Å²) >= 11 is 0. The van der Waals surface area contributed by atoms with Gasteiger partial charge in [-0.15, -0.1) is 0 Å². The van der Waals surface area contributed by atoms with Gasteiger partial charge in [-0.2, -0.15) is 0 Å². The summed E-state index contributed by atoms with van der Waals surface area (Å²) in [5.41, 5.74) is 0.699. The molecule has 0 aromatic rings. The van der Waals surface area contributed by atoms with Gasteiger partial charge in [0.1, 0.15) is 0 Å². The first kappa shape index (κ1) is 15.1. The lowest BCUT2D eigenvalue weighted by atomic mass is 9.82. The minimum Gasteiger partial charge on any atom is -0.0651 e. The van der Waals surface area contributed by atoms with Crippen molar-refractivity contribution >= 4 is 0 Å². The third kappa shape index (κ3) is 4.00. The van der Waals surface area contributed by atoms with E-state index < -0.39 is 0 Å². The summed E-state index contributed by atoms with van der Waals surface area (Å²) in [4.78, 5) is 0. The molecule has 0 aromatic carbocycles. The van der Waals surface area contributed by atoms with E-state index >= 15 is 0 Å². The van der Waals surface area contributed by atoms with Crippen molar-refractivity contribution in [1.29, 1.82) is 0 Å². The number of hydrogen-bond donors (Lipinski definition) is 0. The van der Waals surface area contributed by atoms with Gasteiger partial charge in [-0.25, -0.2) is 0 Å². The van der Waals surface area contributed by atoms with Gasteiger partial charge >= 0.3 is 0 Å². The Morgan fingerprint density at radius 3 is 2.18 bits per heavy atom. The molecule has 0 heterocycles. The van der Waals surface area contributed by atoms with Crippen LogP contribution in [0.25, 0.3) is 0 Å². The highest BCUT2D eigenvalue weighted by Gasteiger charge is 2.51. The van der Waals surface area contributed by atoms with Gasteiger partial charge in [-0.3, -0.25) is 0 Å². The van der Waals surface area contributed by atoms with Gasteiger partial charge in [0.25, 0.3) is 0 Å². The highest BCUT2D eigenvalue weighted by atomic mass is 14.6. The van der Waals surface area contributed by atoms with Crippen LogP contribution in [-0.2, 0) is 0 Å². The largest absolute Gasteiger partial charge is 0.0651 e. The first-order valence-electron chi connectivity index (χ1n) is 7.93. The summed E-state index contributed by atoms with van der Waals surface area (Å²) in [6.45, 7) is 14.5. The van der Waals surface area contributed by atoms with E-state index in [4.69, 9.17) is 0 Å². The molecule has 0 aromatic heterocycles. The standard InChI is InChI=1S/C17H34/c1-7-15(11-13(3)4)10-9-14(5)17(6)12-16(17)8-2/h13-16H,7-12H2,1-6H3. The third-order valence-corrected chi connectivity index (χ3v) is 5.47. The summed E-state index contributed by atoms with van der Waals surface area (Å²) in [6, 6.07) is 0. The van der Waals surface area contributed by atoms with Crippen molar-refractivity contribution in [3.05, 3.63) is 0 Å². The predicted molar refractivity (Wildman–Crippen MR) is 78.1 cm³/mol. The predicted octanol–water partition coefficient (Wildman–Crippen LogP) is 5.91. The van der Waals surface area contributed by atoms with Gasteiger partial charge in [-0.05, 0) is 48.3 Å². The second-order valence-electron chi connectivity index (χ2n) is 7.20. The van der Waals surface area contributed by atoms with Crippen LogP contribution in [0.3, 0.4) is 0 Å². The monoisotopic (exact) mass is 238 g/mol. The molecule has 0 heteroatoms. The Morgan fingerprint density at radius 2 is 1.76 bits per heavy atom. The quantitative estimate of drug-likeness (QED) is 0.493.